The zero-order chi connectivity index (χ0) is 16.8. The minimum Gasteiger partial charge on any atom is -0.495 e. The van der Waals surface area contributed by atoms with Gasteiger partial charge in [-0.15, -0.1) is 0 Å². The zero-order valence-electron chi connectivity index (χ0n) is 13.2. The van der Waals surface area contributed by atoms with Crippen molar-refractivity contribution in [2.75, 3.05) is 27.4 Å². The monoisotopic (exact) mass is 330 g/mol. The number of carbonyl (C=O) groups is 1. The summed E-state index contributed by atoms with van der Waals surface area (Å²) in [4.78, 5) is 11.8. The van der Waals surface area contributed by atoms with Crippen LogP contribution in [0.2, 0.25) is 0 Å². The summed E-state index contributed by atoms with van der Waals surface area (Å²) in [6.45, 7) is 3.92. The van der Waals surface area contributed by atoms with Crippen molar-refractivity contribution in [3.05, 3.63) is 23.8 Å². The van der Waals surface area contributed by atoms with Crippen LogP contribution >= 0.6 is 0 Å². The van der Waals surface area contributed by atoms with E-state index in [-0.39, 0.29) is 10.6 Å². The molecule has 2 N–H and O–H groups in total. The third-order valence-electron chi connectivity index (χ3n) is 2.94. The van der Waals surface area contributed by atoms with Crippen LogP contribution in [0.4, 0.5) is 0 Å². The molecule has 0 aliphatic heterocycles. The molecule has 0 aliphatic rings. The van der Waals surface area contributed by atoms with E-state index in [1.807, 2.05) is 0 Å². The highest BCUT2D eigenvalue weighted by atomic mass is 32.2. The Labute approximate surface area is 131 Å². The molecule has 0 heterocycles. The Morgan fingerprint density at radius 3 is 2.59 bits per heavy atom. The van der Waals surface area contributed by atoms with E-state index in [0.717, 1.165) is 5.56 Å². The smallest absolute Gasteiger partial charge is 0.244 e. The molecule has 8 heteroatoms. The first kappa shape index (κ1) is 18.4. The number of methoxy groups -OCH3 is 2. The molecule has 0 saturated heterocycles. The molecule has 1 aromatic rings. The van der Waals surface area contributed by atoms with Crippen LogP contribution in [-0.4, -0.2) is 47.7 Å². The number of hydrogen-bond acceptors (Lipinski definition) is 5. The van der Waals surface area contributed by atoms with Gasteiger partial charge >= 0.3 is 0 Å². The van der Waals surface area contributed by atoms with E-state index in [4.69, 9.17) is 9.47 Å². The van der Waals surface area contributed by atoms with E-state index >= 15 is 0 Å². The lowest BCUT2D eigenvalue weighted by Crippen LogP contribution is -2.45. The lowest BCUT2D eigenvalue weighted by molar-refractivity contribution is -0.122. The minimum atomic E-state index is -3.87. The van der Waals surface area contributed by atoms with E-state index in [9.17, 15) is 13.2 Å². The van der Waals surface area contributed by atoms with Gasteiger partial charge in [-0.1, -0.05) is 6.07 Å². The van der Waals surface area contributed by atoms with Gasteiger partial charge in [0.25, 0.3) is 0 Å². The van der Waals surface area contributed by atoms with Crippen LogP contribution in [0.25, 0.3) is 0 Å². The molecule has 0 fully saturated rings. The molecule has 1 atom stereocenters. The fourth-order valence-corrected chi connectivity index (χ4v) is 3.23. The lowest BCUT2D eigenvalue weighted by atomic mass is 10.2. The third kappa shape index (κ3) is 4.97. The second-order valence-corrected chi connectivity index (χ2v) is 6.46. The van der Waals surface area contributed by atoms with Crippen LogP contribution < -0.4 is 14.8 Å². The molecular formula is C14H22N2O5S. The standard InChI is InChI=1S/C14H22N2O5S/c1-10-5-6-12(21-4)13(9-10)22(18,19)16-11(2)14(17)15-7-8-20-3/h5-6,9,11,16H,7-8H2,1-4H3,(H,15,17)/t11-/m0/s1. The third-order valence-corrected chi connectivity index (χ3v) is 4.50. The summed E-state index contributed by atoms with van der Waals surface area (Å²) >= 11 is 0. The summed E-state index contributed by atoms with van der Waals surface area (Å²) in [5, 5.41) is 2.58. The van der Waals surface area contributed by atoms with E-state index < -0.39 is 22.0 Å². The molecule has 0 aromatic heterocycles. The molecule has 0 aliphatic carbocycles. The molecule has 1 rings (SSSR count). The number of benzene rings is 1. The second-order valence-electron chi connectivity index (χ2n) is 4.78. The number of aryl methyl sites for hydroxylation is 1. The van der Waals surface area contributed by atoms with Crippen LogP contribution in [0.3, 0.4) is 0 Å². The summed E-state index contributed by atoms with van der Waals surface area (Å²) in [6, 6.07) is 3.91. The Balaban J connectivity index is 2.87. The fraction of sp³-hybridized carbons (Fsp3) is 0.500. The number of nitrogens with one attached hydrogen (secondary N) is 2. The maximum absolute atomic E-state index is 12.4. The van der Waals surface area contributed by atoms with Gasteiger partial charge in [0.2, 0.25) is 15.9 Å². The summed E-state index contributed by atoms with van der Waals surface area (Å²) in [7, 11) is -0.958. The molecule has 0 unspecified atom stereocenters. The van der Waals surface area contributed by atoms with Crippen molar-refractivity contribution in [2.24, 2.45) is 0 Å². The Bertz CT molecular complexity index is 616. The highest BCUT2D eigenvalue weighted by Gasteiger charge is 2.24. The van der Waals surface area contributed by atoms with Crippen molar-refractivity contribution in [1.29, 1.82) is 0 Å². The normalized spacial score (nSPS) is 12.7. The van der Waals surface area contributed by atoms with Crippen molar-refractivity contribution in [3.8, 4) is 5.75 Å². The van der Waals surface area contributed by atoms with Crippen LogP contribution in [0.5, 0.6) is 5.75 Å². The van der Waals surface area contributed by atoms with Gasteiger partial charge in [0.05, 0.1) is 19.8 Å². The highest BCUT2D eigenvalue weighted by molar-refractivity contribution is 7.89. The molecule has 0 bridgehead atoms. The van der Waals surface area contributed by atoms with Crippen molar-refractivity contribution in [2.45, 2.75) is 24.8 Å². The molecule has 0 spiro atoms. The van der Waals surface area contributed by atoms with Crippen molar-refractivity contribution in [1.82, 2.24) is 10.0 Å². The van der Waals surface area contributed by atoms with Crippen molar-refractivity contribution >= 4 is 15.9 Å². The Hall–Kier alpha value is -1.64. The molecule has 0 radical (unpaired) electrons. The first-order valence-corrected chi connectivity index (χ1v) is 8.23. The topological polar surface area (TPSA) is 93.7 Å². The Kier molecular flexibility index (Phi) is 6.79. The lowest BCUT2D eigenvalue weighted by Gasteiger charge is -2.16. The number of sulfonamides is 1. The number of ether oxygens (including phenoxy) is 2. The molecular weight excluding hydrogens is 308 g/mol. The molecule has 1 aromatic carbocycles. The predicted molar refractivity (Wildman–Crippen MR) is 82.4 cm³/mol. The maximum atomic E-state index is 12.4. The van der Waals surface area contributed by atoms with Gasteiger partial charge in [-0.2, -0.15) is 4.72 Å². The molecule has 0 saturated carbocycles. The summed E-state index contributed by atoms with van der Waals surface area (Å²) in [5.41, 5.74) is 0.776. The quantitative estimate of drug-likeness (QED) is 0.674. The van der Waals surface area contributed by atoms with Gasteiger partial charge < -0.3 is 14.8 Å². The van der Waals surface area contributed by atoms with Crippen molar-refractivity contribution in [3.63, 3.8) is 0 Å². The number of amides is 1. The van der Waals surface area contributed by atoms with Gasteiger partial charge in [0, 0.05) is 13.7 Å². The van der Waals surface area contributed by atoms with Gasteiger partial charge in [0.15, 0.2) is 0 Å². The van der Waals surface area contributed by atoms with Gasteiger partial charge in [0.1, 0.15) is 10.6 Å². The summed E-state index contributed by atoms with van der Waals surface area (Å²) < 4.78 is 37.1. The van der Waals surface area contributed by atoms with Crippen LogP contribution in [-0.2, 0) is 19.6 Å². The number of carbonyl (C=O) groups excluding carboxylic acids is 1. The van der Waals surface area contributed by atoms with Crippen molar-refractivity contribution < 1.29 is 22.7 Å². The van der Waals surface area contributed by atoms with Crippen LogP contribution in [0.15, 0.2) is 23.1 Å². The predicted octanol–water partition coefficient (Wildman–Crippen LogP) is 0.433. The SMILES string of the molecule is COCCNC(=O)[C@H](C)NS(=O)(=O)c1cc(C)ccc1OC. The van der Waals surface area contributed by atoms with Crippen LogP contribution in [0, 0.1) is 6.92 Å². The average molecular weight is 330 g/mol. The summed E-state index contributed by atoms with van der Waals surface area (Å²) in [5.74, 6) is -0.197. The minimum absolute atomic E-state index is 0.00606. The first-order valence-electron chi connectivity index (χ1n) is 6.75. The summed E-state index contributed by atoms with van der Waals surface area (Å²) in [6.07, 6.45) is 0. The van der Waals surface area contributed by atoms with E-state index in [2.05, 4.69) is 10.0 Å². The molecule has 22 heavy (non-hydrogen) atoms. The maximum Gasteiger partial charge on any atom is 0.244 e. The van der Waals surface area contributed by atoms with Gasteiger partial charge in [-0.3, -0.25) is 4.79 Å². The fourth-order valence-electron chi connectivity index (χ4n) is 1.77. The van der Waals surface area contributed by atoms with Gasteiger partial charge in [-0.25, -0.2) is 8.42 Å². The van der Waals surface area contributed by atoms with E-state index in [1.165, 1.54) is 27.2 Å². The van der Waals surface area contributed by atoms with Crippen LogP contribution in [0.1, 0.15) is 12.5 Å². The molecule has 124 valence electrons. The number of hydrogen-bond donors (Lipinski definition) is 2. The first-order chi connectivity index (χ1) is 10.3. The second kappa shape index (κ2) is 8.11. The average Bonchev–Trinajstić information content (AvgIpc) is 2.46. The highest BCUT2D eigenvalue weighted by Crippen LogP contribution is 2.24. The van der Waals surface area contributed by atoms with E-state index in [1.54, 1.807) is 19.1 Å². The molecule has 7 nitrogen and oxygen atoms in total. The van der Waals surface area contributed by atoms with E-state index in [0.29, 0.717) is 13.2 Å². The Morgan fingerprint density at radius 2 is 2.00 bits per heavy atom. The largest absolute Gasteiger partial charge is 0.495 e. The molecule has 1 amide bonds. The van der Waals surface area contributed by atoms with Gasteiger partial charge in [-0.05, 0) is 31.5 Å². The number of rotatable bonds is 8. The zero-order valence-corrected chi connectivity index (χ0v) is 14.0. The Morgan fingerprint density at radius 1 is 1.32 bits per heavy atom.